The van der Waals surface area contributed by atoms with E-state index in [2.05, 4.69) is 0 Å². The maximum absolute atomic E-state index is 11.6. The molecule has 0 aromatic rings. The van der Waals surface area contributed by atoms with Gasteiger partial charge in [-0.15, -0.1) is 0 Å². The van der Waals surface area contributed by atoms with E-state index >= 15 is 0 Å². The molecule has 2 rings (SSSR count). The fraction of sp³-hybridized carbons (Fsp3) is 0.765. The average molecular weight is 356 g/mol. The molecular weight excluding hydrogens is 332 g/mol. The zero-order chi connectivity index (χ0) is 18.8. The number of ether oxygens (including phenoxy) is 4. The molecule has 140 valence electrons. The van der Waals surface area contributed by atoms with E-state index in [1.165, 1.54) is 27.7 Å². The van der Waals surface area contributed by atoms with Crippen molar-refractivity contribution in [3.05, 3.63) is 0 Å². The predicted octanol–water partition coefficient (Wildman–Crippen LogP) is 1.14. The highest BCUT2D eigenvalue weighted by Crippen LogP contribution is 2.59. The zero-order valence-corrected chi connectivity index (χ0v) is 14.9. The maximum atomic E-state index is 11.6. The van der Waals surface area contributed by atoms with Crippen molar-refractivity contribution in [2.45, 2.75) is 65.3 Å². The van der Waals surface area contributed by atoms with Gasteiger partial charge in [0.25, 0.3) is 0 Å². The normalized spacial score (nSPS) is 33.3. The van der Waals surface area contributed by atoms with Crippen LogP contribution in [0.3, 0.4) is 0 Å². The van der Waals surface area contributed by atoms with Gasteiger partial charge < -0.3 is 18.9 Å². The molecule has 2 unspecified atom stereocenters. The van der Waals surface area contributed by atoms with Crippen molar-refractivity contribution in [2.24, 2.45) is 11.3 Å². The Morgan fingerprint density at radius 3 is 1.92 bits per heavy atom. The van der Waals surface area contributed by atoms with E-state index in [4.69, 9.17) is 18.9 Å². The molecule has 8 nitrogen and oxygen atoms in total. The topological polar surface area (TPSA) is 105 Å². The van der Waals surface area contributed by atoms with Gasteiger partial charge in [-0.25, -0.2) is 0 Å². The summed E-state index contributed by atoms with van der Waals surface area (Å²) < 4.78 is 21.3. The highest BCUT2D eigenvalue weighted by Gasteiger charge is 2.65. The molecule has 2 saturated carbocycles. The number of rotatable bonds is 5. The third kappa shape index (κ3) is 4.11. The largest absolute Gasteiger partial charge is 0.466 e. The van der Waals surface area contributed by atoms with E-state index in [0.717, 1.165) is 6.42 Å². The van der Waals surface area contributed by atoms with Crippen LogP contribution >= 0.6 is 0 Å². The molecule has 0 aliphatic heterocycles. The second kappa shape index (κ2) is 7.41. The Hall–Kier alpha value is -2.12. The molecule has 25 heavy (non-hydrogen) atoms. The standard InChI is InChI=1S/C17H24O8/c1-9(18)22-8-13-5-6-17(13)7-14(23-10(2)19)15(24-11(3)20)16(17)25-12(4)21/h13-16H,5-8H2,1-4H3/t13-,14-,15?,16?,17-/m1/s1. The molecule has 0 heterocycles. The second-order valence-corrected chi connectivity index (χ2v) is 6.73. The van der Waals surface area contributed by atoms with Crippen LogP contribution in [-0.4, -0.2) is 48.8 Å². The van der Waals surface area contributed by atoms with E-state index < -0.39 is 47.6 Å². The number of carbonyl (C=O) groups is 4. The molecule has 0 saturated heterocycles. The molecule has 0 aromatic carbocycles. The highest BCUT2D eigenvalue weighted by atomic mass is 16.6. The Kier molecular flexibility index (Phi) is 5.69. The van der Waals surface area contributed by atoms with Crippen LogP contribution < -0.4 is 0 Å². The molecule has 2 fully saturated rings. The zero-order valence-electron chi connectivity index (χ0n) is 14.9. The lowest BCUT2D eigenvalue weighted by Crippen LogP contribution is -2.52. The summed E-state index contributed by atoms with van der Waals surface area (Å²) in [7, 11) is 0. The van der Waals surface area contributed by atoms with Crippen LogP contribution in [0.5, 0.6) is 0 Å². The van der Waals surface area contributed by atoms with Gasteiger partial charge in [-0.3, -0.25) is 19.2 Å². The van der Waals surface area contributed by atoms with Crippen molar-refractivity contribution >= 4 is 23.9 Å². The van der Waals surface area contributed by atoms with Gasteiger partial charge in [0.15, 0.2) is 6.10 Å². The Balaban J connectivity index is 2.29. The Morgan fingerprint density at radius 2 is 1.48 bits per heavy atom. The van der Waals surface area contributed by atoms with Crippen LogP contribution in [0.2, 0.25) is 0 Å². The van der Waals surface area contributed by atoms with E-state index in [1.54, 1.807) is 0 Å². The van der Waals surface area contributed by atoms with Gasteiger partial charge in [0.05, 0.1) is 6.61 Å². The van der Waals surface area contributed by atoms with Crippen molar-refractivity contribution < 1.29 is 38.1 Å². The molecule has 0 bridgehead atoms. The first-order chi connectivity index (χ1) is 11.7. The molecule has 0 N–H and O–H groups in total. The van der Waals surface area contributed by atoms with Gasteiger partial charge in [0.2, 0.25) is 0 Å². The highest BCUT2D eigenvalue weighted by molar-refractivity contribution is 5.69. The predicted molar refractivity (Wildman–Crippen MR) is 83.1 cm³/mol. The summed E-state index contributed by atoms with van der Waals surface area (Å²) in [6.07, 6.45) is -0.449. The fourth-order valence-corrected chi connectivity index (χ4v) is 3.97. The van der Waals surface area contributed by atoms with Gasteiger partial charge >= 0.3 is 23.9 Å². The van der Waals surface area contributed by atoms with E-state index in [-0.39, 0.29) is 12.5 Å². The molecular formula is C17H24O8. The quantitative estimate of drug-likeness (QED) is 0.533. The molecule has 8 heteroatoms. The lowest BCUT2D eigenvalue weighted by atomic mass is 9.58. The van der Waals surface area contributed by atoms with Crippen LogP contribution in [0.25, 0.3) is 0 Å². The third-order valence-corrected chi connectivity index (χ3v) is 4.98. The van der Waals surface area contributed by atoms with Crippen molar-refractivity contribution in [2.75, 3.05) is 6.61 Å². The summed E-state index contributed by atoms with van der Waals surface area (Å²) in [5, 5.41) is 0. The third-order valence-electron chi connectivity index (χ3n) is 4.98. The van der Waals surface area contributed by atoms with E-state index in [9.17, 15) is 19.2 Å². The molecule has 0 amide bonds. The van der Waals surface area contributed by atoms with Gasteiger partial charge in [0, 0.05) is 39.0 Å². The summed E-state index contributed by atoms with van der Waals surface area (Å²) >= 11 is 0. The van der Waals surface area contributed by atoms with Crippen LogP contribution in [-0.2, 0) is 38.1 Å². The first kappa shape index (κ1) is 19.2. The van der Waals surface area contributed by atoms with Gasteiger partial charge in [-0.05, 0) is 19.3 Å². The fourth-order valence-electron chi connectivity index (χ4n) is 3.97. The Labute approximate surface area is 146 Å². The molecule has 2 aliphatic carbocycles. The lowest BCUT2D eigenvalue weighted by molar-refractivity contribution is -0.188. The average Bonchev–Trinajstić information content (AvgIpc) is 2.72. The van der Waals surface area contributed by atoms with E-state index in [1.807, 2.05) is 0 Å². The second-order valence-electron chi connectivity index (χ2n) is 6.73. The molecule has 5 atom stereocenters. The van der Waals surface area contributed by atoms with Crippen molar-refractivity contribution in [1.82, 2.24) is 0 Å². The first-order valence-electron chi connectivity index (χ1n) is 8.30. The SMILES string of the molecule is CC(=O)OC[C@H]1CC[C@@]12C[C@@H](OC(C)=O)C(OC(C)=O)C2OC(C)=O. The molecule has 2 aliphatic rings. The Morgan fingerprint density at radius 1 is 0.880 bits per heavy atom. The summed E-state index contributed by atoms with van der Waals surface area (Å²) in [6.45, 7) is 5.31. The van der Waals surface area contributed by atoms with Crippen LogP contribution in [0.15, 0.2) is 0 Å². The smallest absolute Gasteiger partial charge is 0.303 e. The maximum Gasteiger partial charge on any atom is 0.303 e. The van der Waals surface area contributed by atoms with Crippen molar-refractivity contribution in [1.29, 1.82) is 0 Å². The van der Waals surface area contributed by atoms with Crippen LogP contribution in [0.1, 0.15) is 47.0 Å². The monoisotopic (exact) mass is 356 g/mol. The van der Waals surface area contributed by atoms with Gasteiger partial charge in [-0.2, -0.15) is 0 Å². The number of esters is 4. The van der Waals surface area contributed by atoms with Crippen molar-refractivity contribution in [3.63, 3.8) is 0 Å². The van der Waals surface area contributed by atoms with Crippen molar-refractivity contribution in [3.8, 4) is 0 Å². The number of hydrogen-bond acceptors (Lipinski definition) is 8. The van der Waals surface area contributed by atoms with Crippen LogP contribution in [0, 0.1) is 11.3 Å². The molecule has 1 spiro atoms. The summed E-state index contributed by atoms with van der Waals surface area (Å²) in [6, 6.07) is 0. The Bertz CT molecular complexity index is 571. The minimum Gasteiger partial charge on any atom is -0.466 e. The molecule has 0 aromatic heterocycles. The lowest BCUT2D eigenvalue weighted by Gasteiger charge is -2.49. The van der Waals surface area contributed by atoms with Crippen LogP contribution in [0.4, 0.5) is 0 Å². The van der Waals surface area contributed by atoms with Gasteiger partial charge in [0.1, 0.15) is 12.2 Å². The number of carbonyl (C=O) groups excluding carboxylic acids is 4. The molecule has 0 radical (unpaired) electrons. The summed E-state index contributed by atoms with van der Waals surface area (Å²) in [5.41, 5.74) is -0.540. The number of hydrogen-bond donors (Lipinski definition) is 0. The summed E-state index contributed by atoms with van der Waals surface area (Å²) in [4.78, 5) is 45.7. The van der Waals surface area contributed by atoms with Gasteiger partial charge in [-0.1, -0.05) is 0 Å². The minimum atomic E-state index is -0.870. The minimum absolute atomic E-state index is 0.0561. The first-order valence-corrected chi connectivity index (χ1v) is 8.30. The summed E-state index contributed by atoms with van der Waals surface area (Å²) in [5.74, 6) is -2.01. The van der Waals surface area contributed by atoms with E-state index in [0.29, 0.717) is 12.8 Å².